The fourth-order valence-corrected chi connectivity index (χ4v) is 4.15. The fraction of sp³-hybridized carbons (Fsp3) is 0.542. The number of methoxy groups -OCH3 is 1. The lowest BCUT2D eigenvalue weighted by molar-refractivity contribution is 0.191. The van der Waals surface area contributed by atoms with Gasteiger partial charge in [-0.25, -0.2) is 18.2 Å². The average Bonchev–Trinajstić information content (AvgIpc) is 3.53. The number of benzene rings is 1. The summed E-state index contributed by atoms with van der Waals surface area (Å²) in [5, 5.41) is 9.86. The van der Waals surface area contributed by atoms with Gasteiger partial charge in [-0.3, -0.25) is 0 Å². The summed E-state index contributed by atoms with van der Waals surface area (Å²) in [7, 11) is 1.69. The van der Waals surface area contributed by atoms with E-state index in [-0.39, 0.29) is 23.7 Å². The molecule has 2 aliphatic carbocycles. The standard InChI is InChI=1S/C24H31F3N4O/c1-32-11-10-28-16-2-4-17(5-3-16)31-23-13-20(22(26)14-29-23)19-12-18(6-7-21(19)25)30-15-24(27)8-9-24/h6-7,12-14,16-17,28,30H,2-5,8-11,15H2,1H3,(H,29,31). The van der Waals surface area contributed by atoms with Crippen molar-refractivity contribution >= 4 is 11.5 Å². The van der Waals surface area contributed by atoms with Crippen molar-refractivity contribution in [3.63, 3.8) is 0 Å². The van der Waals surface area contributed by atoms with Gasteiger partial charge in [0, 0.05) is 49.1 Å². The van der Waals surface area contributed by atoms with Gasteiger partial charge >= 0.3 is 0 Å². The van der Waals surface area contributed by atoms with Gasteiger partial charge in [-0.1, -0.05) is 0 Å². The zero-order chi connectivity index (χ0) is 22.6. The van der Waals surface area contributed by atoms with Crippen molar-refractivity contribution in [2.24, 2.45) is 0 Å². The molecule has 0 saturated heterocycles. The van der Waals surface area contributed by atoms with Crippen LogP contribution in [0.25, 0.3) is 11.1 Å². The van der Waals surface area contributed by atoms with Crippen LogP contribution in [0.15, 0.2) is 30.5 Å². The first-order valence-electron chi connectivity index (χ1n) is 11.3. The molecular formula is C24H31F3N4O. The number of hydrogen-bond acceptors (Lipinski definition) is 5. The van der Waals surface area contributed by atoms with Gasteiger partial charge in [-0.05, 0) is 62.8 Å². The average molecular weight is 449 g/mol. The lowest BCUT2D eigenvalue weighted by Crippen LogP contribution is -2.38. The van der Waals surface area contributed by atoms with Crippen LogP contribution in [0.5, 0.6) is 0 Å². The molecular weight excluding hydrogens is 417 g/mol. The van der Waals surface area contributed by atoms with E-state index in [1.807, 2.05) is 0 Å². The van der Waals surface area contributed by atoms with Crippen LogP contribution in [0.1, 0.15) is 38.5 Å². The third-order valence-electron chi connectivity index (χ3n) is 6.33. The molecule has 32 heavy (non-hydrogen) atoms. The van der Waals surface area contributed by atoms with E-state index in [1.165, 1.54) is 12.1 Å². The maximum atomic E-state index is 14.6. The van der Waals surface area contributed by atoms with E-state index in [0.717, 1.165) is 38.4 Å². The van der Waals surface area contributed by atoms with Crippen LogP contribution in [0.3, 0.4) is 0 Å². The number of nitrogens with one attached hydrogen (secondary N) is 3. The Kier molecular flexibility index (Phi) is 7.20. The molecule has 2 fully saturated rings. The van der Waals surface area contributed by atoms with E-state index in [2.05, 4.69) is 20.9 Å². The van der Waals surface area contributed by atoms with E-state index >= 15 is 0 Å². The predicted molar refractivity (Wildman–Crippen MR) is 121 cm³/mol. The first-order chi connectivity index (χ1) is 15.5. The monoisotopic (exact) mass is 448 g/mol. The molecule has 2 aliphatic rings. The van der Waals surface area contributed by atoms with Crippen LogP contribution >= 0.6 is 0 Å². The highest BCUT2D eigenvalue weighted by Gasteiger charge is 2.42. The highest BCUT2D eigenvalue weighted by atomic mass is 19.1. The lowest BCUT2D eigenvalue weighted by atomic mass is 9.91. The van der Waals surface area contributed by atoms with Gasteiger partial charge in [0.2, 0.25) is 0 Å². The largest absolute Gasteiger partial charge is 0.383 e. The molecule has 174 valence electrons. The van der Waals surface area contributed by atoms with Gasteiger partial charge in [-0.15, -0.1) is 0 Å². The maximum Gasteiger partial charge on any atom is 0.149 e. The highest BCUT2D eigenvalue weighted by Crippen LogP contribution is 2.40. The van der Waals surface area contributed by atoms with Crippen molar-refractivity contribution in [1.29, 1.82) is 0 Å². The predicted octanol–water partition coefficient (Wildman–Crippen LogP) is 4.90. The number of ether oxygens (including phenoxy) is 1. The van der Waals surface area contributed by atoms with Crippen molar-refractivity contribution in [3.05, 3.63) is 42.1 Å². The summed E-state index contributed by atoms with van der Waals surface area (Å²) in [6.07, 6.45) is 6.20. The van der Waals surface area contributed by atoms with E-state index in [4.69, 9.17) is 4.74 Å². The number of halogens is 3. The summed E-state index contributed by atoms with van der Waals surface area (Å²) in [6.45, 7) is 1.71. The van der Waals surface area contributed by atoms with Crippen LogP contribution in [-0.2, 0) is 4.74 Å². The van der Waals surface area contributed by atoms with Gasteiger partial charge < -0.3 is 20.7 Å². The third kappa shape index (κ3) is 5.92. The molecule has 3 N–H and O–H groups in total. The molecule has 2 saturated carbocycles. The van der Waals surface area contributed by atoms with Crippen molar-refractivity contribution in [1.82, 2.24) is 10.3 Å². The molecule has 1 heterocycles. The van der Waals surface area contributed by atoms with Crippen molar-refractivity contribution in [2.45, 2.75) is 56.3 Å². The SMILES string of the molecule is COCCNC1CCC(Nc2cc(-c3cc(NCC4(F)CC4)ccc3F)c(F)cn2)CC1. The van der Waals surface area contributed by atoms with Gasteiger partial charge in [0.15, 0.2) is 0 Å². The molecule has 4 rings (SSSR count). The molecule has 1 aromatic carbocycles. The summed E-state index contributed by atoms with van der Waals surface area (Å²) < 4.78 is 48.1. The minimum absolute atomic E-state index is 0.132. The van der Waals surface area contributed by atoms with E-state index in [0.29, 0.717) is 37.0 Å². The van der Waals surface area contributed by atoms with Crippen molar-refractivity contribution in [3.8, 4) is 11.1 Å². The smallest absolute Gasteiger partial charge is 0.149 e. The summed E-state index contributed by atoms with van der Waals surface area (Å²) in [4.78, 5) is 4.16. The molecule has 0 unspecified atom stereocenters. The molecule has 1 aromatic heterocycles. The number of aromatic nitrogens is 1. The Bertz CT molecular complexity index is 914. The molecule has 0 amide bonds. The second-order valence-electron chi connectivity index (χ2n) is 8.89. The minimum Gasteiger partial charge on any atom is -0.383 e. The number of anilines is 2. The van der Waals surface area contributed by atoms with Crippen molar-refractivity contribution in [2.75, 3.05) is 37.4 Å². The zero-order valence-corrected chi connectivity index (χ0v) is 18.4. The molecule has 8 heteroatoms. The number of nitrogens with zero attached hydrogens (tertiary/aromatic N) is 1. The second-order valence-corrected chi connectivity index (χ2v) is 8.89. The van der Waals surface area contributed by atoms with E-state index in [1.54, 1.807) is 19.2 Å². The van der Waals surface area contributed by atoms with Gasteiger partial charge in [0.05, 0.1) is 12.8 Å². The maximum absolute atomic E-state index is 14.6. The Morgan fingerprint density at radius 1 is 1.03 bits per heavy atom. The van der Waals surface area contributed by atoms with Crippen LogP contribution in [-0.4, -0.2) is 49.5 Å². The number of pyridine rings is 1. The quantitative estimate of drug-likeness (QED) is 0.452. The summed E-state index contributed by atoms with van der Waals surface area (Å²) in [5.41, 5.74) is -0.339. The normalized spacial score (nSPS) is 21.9. The lowest BCUT2D eigenvalue weighted by Gasteiger charge is -2.30. The molecule has 2 aromatic rings. The molecule has 0 spiro atoms. The van der Waals surface area contributed by atoms with Crippen LogP contribution in [0.4, 0.5) is 24.7 Å². The number of hydrogen-bond donors (Lipinski definition) is 3. The third-order valence-corrected chi connectivity index (χ3v) is 6.33. The molecule has 0 atom stereocenters. The van der Waals surface area contributed by atoms with Gasteiger partial charge in [0.25, 0.3) is 0 Å². The molecule has 5 nitrogen and oxygen atoms in total. The van der Waals surface area contributed by atoms with Crippen molar-refractivity contribution < 1.29 is 17.9 Å². The summed E-state index contributed by atoms with van der Waals surface area (Å²) in [6, 6.07) is 6.61. The molecule has 0 radical (unpaired) electrons. The minimum atomic E-state index is -1.17. The first kappa shape index (κ1) is 22.9. The number of rotatable bonds is 10. The highest BCUT2D eigenvalue weighted by molar-refractivity contribution is 5.71. The Morgan fingerprint density at radius 2 is 1.75 bits per heavy atom. The molecule has 0 bridgehead atoms. The Labute approximate surface area is 187 Å². The Hall–Kier alpha value is -2.32. The zero-order valence-electron chi connectivity index (χ0n) is 18.4. The van der Waals surface area contributed by atoms with Gasteiger partial charge in [0.1, 0.15) is 23.1 Å². The van der Waals surface area contributed by atoms with Crippen LogP contribution in [0, 0.1) is 11.6 Å². The van der Waals surface area contributed by atoms with Crippen LogP contribution in [0.2, 0.25) is 0 Å². The summed E-state index contributed by atoms with van der Waals surface area (Å²) >= 11 is 0. The topological polar surface area (TPSA) is 58.2 Å². The number of alkyl halides is 1. The second kappa shape index (κ2) is 10.1. The van der Waals surface area contributed by atoms with Crippen LogP contribution < -0.4 is 16.0 Å². The Balaban J connectivity index is 1.41. The summed E-state index contributed by atoms with van der Waals surface area (Å²) in [5.74, 6) is -0.604. The Morgan fingerprint density at radius 3 is 2.47 bits per heavy atom. The van der Waals surface area contributed by atoms with E-state index < -0.39 is 17.3 Å². The fourth-order valence-electron chi connectivity index (χ4n) is 4.15. The van der Waals surface area contributed by atoms with E-state index in [9.17, 15) is 13.2 Å². The first-order valence-corrected chi connectivity index (χ1v) is 11.3. The van der Waals surface area contributed by atoms with Gasteiger partial charge in [-0.2, -0.15) is 0 Å². The molecule has 0 aliphatic heterocycles.